The van der Waals surface area contributed by atoms with Crippen molar-refractivity contribution in [2.75, 3.05) is 12.3 Å². The van der Waals surface area contributed by atoms with Gasteiger partial charge < -0.3 is 5.73 Å². The highest BCUT2D eigenvalue weighted by atomic mass is 32.2. The monoisotopic (exact) mass is 299 g/mol. The van der Waals surface area contributed by atoms with Crippen LogP contribution in [0.2, 0.25) is 0 Å². The van der Waals surface area contributed by atoms with Gasteiger partial charge in [-0.15, -0.1) is 11.8 Å². The lowest BCUT2D eigenvalue weighted by Crippen LogP contribution is -2.02. The fraction of sp³-hybridized carbons (Fsp3) is 0.368. The molecule has 2 aromatic carbocycles. The molecule has 0 aliphatic heterocycles. The van der Waals surface area contributed by atoms with Gasteiger partial charge in [0.25, 0.3) is 0 Å². The fourth-order valence-electron chi connectivity index (χ4n) is 2.32. The van der Waals surface area contributed by atoms with E-state index >= 15 is 0 Å². The SMILES string of the molecule is CCCCCSc1ccc(-c2ccc(CCN)cc2)cc1. The van der Waals surface area contributed by atoms with E-state index in [2.05, 4.69) is 55.5 Å². The third kappa shape index (κ3) is 5.22. The summed E-state index contributed by atoms with van der Waals surface area (Å²) in [4.78, 5) is 1.37. The van der Waals surface area contributed by atoms with Gasteiger partial charge in [0.1, 0.15) is 0 Å². The Bertz CT molecular complexity index is 516. The quantitative estimate of drug-likeness (QED) is 0.539. The van der Waals surface area contributed by atoms with Gasteiger partial charge in [-0.05, 0) is 54.0 Å². The summed E-state index contributed by atoms with van der Waals surface area (Å²) in [5.74, 6) is 1.22. The summed E-state index contributed by atoms with van der Waals surface area (Å²) in [6.07, 6.45) is 4.89. The largest absolute Gasteiger partial charge is 0.330 e. The third-order valence-electron chi connectivity index (χ3n) is 3.59. The second-order valence-electron chi connectivity index (χ2n) is 5.32. The molecule has 0 saturated heterocycles. The van der Waals surface area contributed by atoms with Crippen LogP contribution in [-0.2, 0) is 6.42 Å². The highest BCUT2D eigenvalue weighted by molar-refractivity contribution is 7.99. The number of hydrogen-bond donors (Lipinski definition) is 1. The maximum atomic E-state index is 5.58. The molecule has 0 aliphatic rings. The summed E-state index contributed by atoms with van der Waals surface area (Å²) in [6, 6.07) is 17.6. The predicted octanol–water partition coefficient (Wildman–Crippen LogP) is 5.14. The Morgan fingerprint density at radius 3 is 2.05 bits per heavy atom. The molecule has 0 atom stereocenters. The van der Waals surface area contributed by atoms with E-state index in [1.54, 1.807) is 0 Å². The van der Waals surface area contributed by atoms with Crippen LogP contribution < -0.4 is 5.73 Å². The third-order valence-corrected chi connectivity index (χ3v) is 4.69. The highest BCUT2D eigenvalue weighted by Crippen LogP contribution is 2.25. The van der Waals surface area contributed by atoms with Gasteiger partial charge in [-0.3, -0.25) is 0 Å². The minimum absolute atomic E-state index is 0.712. The second-order valence-corrected chi connectivity index (χ2v) is 6.48. The minimum Gasteiger partial charge on any atom is -0.330 e. The Kier molecular flexibility index (Phi) is 6.84. The lowest BCUT2D eigenvalue weighted by atomic mass is 10.0. The fourth-order valence-corrected chi connectivity index (χ4v) is 3.23. The molecule has 0 heterocycles. The Balaban J connectivity index is 1.94. The van der Waals surface area contributed by atoms with Crippen LogP contribution in [-0.4, -0.2) is 12.3 Å². The van der Waals surface area contributed by atoms with Crippen LogP contribution in [0, 0.1) is 0 Å². The molecule has 112 valence electrons. The normalized spacial score (nSPS) is 10.8. The van der Waals surface area contributed by atoms with E-state index in [1.807, 2.05) is 11.8 Å². The molecule has 0 aromatic heterocycles. The first kappa shape index (κ1) is 16.1. The standard InChI is InChI=1S/C19H25NS/c1-2-3-4-15-21-19-11-9-18(10-12-19)17-7-5-16(6-8-17)13-14-20/h5-12H,2-4,13-15,20H2,1H3. The number of benzene rings is 2. The Morgan fingerprint density at radius 1 is 0.857 bits per heavy atom. The first-order valence-corrected chi connectivity index (χ1v) is 8.84. The van der Waals surface area contributed by atoms with Crippen molar-refractivity contribution < 1.29 is 0 Å². The van der Waals surface area contributed by atoms with Gasteiger partial charge in [0.2, 0.25) is 0 Å². The van der Waals surface area contributed by atoms with E-state index in [4.69, 9.17) is 5.73 Å². The first-order valence-electron chi connectivity index (χ1n) is 7.85. The van der Waals surface area contributed by atoms with Crippen molar-refractivity contribution in [1.82, 2.24) is 0 Å². The van der Waals surface area contributed by atoms with Crippen LogP contribution >= 0.6 is 11.8 Å². The molecule has 0 saturated carbocycles. The molecule has 21 heavy (non-hydrogen) atoms. The molecule has 0 fully saturated rings. The van der Waals surface area contributed by atoms with Gasteiger partial charge in [-0.2, -0.15) is 0 Å². The summed E-state index contributed by atoms with van der Waals surface area (Å²) < 4.78 is 0. The molecule has 1 nitrogen and oxygen atoms in total. The number of rotatable bonds is 8. The molecule has 0 aliphatic carbocycles. The van der Waals surface area contributed by atoms with E-state index in [0.29, 0.717) is 6.54 Å². The topological polar surface area (TPSA) is 26.0 Å². The molecule has 0 spiro atoms. The molecule has 0 bridgehead atoms. The van der Waals surface area contributed by atoms with Crippen LogP contribution in [0.1, 0.15) is 31.7 Å². The van der Waals surface area contributed by atoms with E-state index in [0.717, 1.165) is 6.42 Å². The van der Waals surface area contributed by atoms with E-state index in [9.17, 15) is 0 Å². The predicted molar refractivity (Wildman–Crippen MR) is 94.9 cm³/mol. The summed E-state index contributed by atoms with van der Waals surface area (Å²) in [6.45, 7) is 2.96. The molecule has 0 amide bonds. The molecular weight excluding hydrogens is 274 g/mol. The first-order chi connectivity index (χ1) is 10.3. The van der Waals surface area contributed by atoms with Crippen LogP contribution in [0.4, 0.5) is 0 Å². The van der Waals surface area contributed by atoms with Crippen molar-refractivity contribution in [2.45, 2.75) is 37.5 Å². The average Bonchev–Trinajstić information content (AvgIpc) is 2.53. The van der Waals surface area contributed by atoms with Gasteiger partial charge >= 0.3 is 0 Å². The van der Waals surface area contributed by atoms with Gasteiger partial charge in [0.15, 0.2) is 0 Å². The molecular formula is C19H25NS. The number of nitrogens with two attached hydrogens (primary N) is 1. The van der Waals surface area contributed by atoms with E-state index in [1.165, 1.54) is 46.6 Å². The molecule has 2 aromatic rings. The lowest BCUT2D eigenvalue weighted by molar-refractivity contribution is 0.778. The van der Waals surface area contributed by atoms with Crippen LogP contribution in [0.25, 0.3) is 11.1 Å². The summed E-state index contributed by atoms with van der Waals surface area (Å²) in [5.41, 5.74) is 9.45. The molecule has 2 heteroatoms. The van der Waals surface area contributed by atoms with Gasteiger partial charge in [-0.25, -0.2) is 0 Å². The van der Waals surface area contributed by atoms with Gasteiger partial charge in [0.05, 0.1) is 0 Å². The van der Waals surface area contributed by atoms with Crippen LogP contribution in [0.3, 0.4) is 0 Å². The van der Waals surface area contributed by atoms with Crippen molar-refractivity contribution in [2.24, 2.45) is 5.73 Å². The summed E-state index contributed by atoms with van der Waals surface area (Å²) >= 11 is 1.96. The van der Waals surface area contributed by atoms with Crippen molar-refractivity contribution in [3.8, 4) is 11.1 Å². The lowest BCUT2D eigenvalue weighted by Gasteiger charge is -2.06. The number of unbranched alkanes of at least 4 members (excludes halogenated alkanes) is 2. The van der Waals surface area contributed by atoms with Crippen LogP contribution in [0.15, 0.2) is 53.4 Å². The average molecular weight is 299 g/mol. The Hall–Kier alpha value is -1.25. The second kappa shape index (κ2) is 8.91. The highest BCUT2D eigenvalue weighted by Gasteiger charge is 1.99. The molecule has 0 unspecified atom stereocenters. The van der Waals surface area contributed by atoms with Gasteiger partial charge in [0, 0.05) is 4.90 Å². The minimum atomic E-state index is 0.712. The zero-order valence-corrected chi connectivity index (χ0v) is 13.7. The van der Waals surface area contributed by atoms with Crippen molar-refractivity contribution in [3.63, 3.8) is 0 Å². The van der Waals surface area contributed by atoms with Crippen molar-refractivity contribution in [3.05, 3.63) is 54.1 Å². The molecule has 2 rings (SSSR count). The number of hydrogen-bond acceptors (Lipinski definition) is 2. The summed E-state index contributed by atoms with van der Waals surface area (Å²) in [5, 5.41) is 0. The Morgan fingerprint density at radius 2 is 1.48 bits per heavy atom. The maximum Gasteiger partial charge on any atom is 0.00723 e. The molecule has 2 N–H and O–H groups in total. The maximum absolute atomic E-state index is 5.58. The van der Waals surface area contributed by atoms with Crippen molar-refractivity contribution >= 4 is 11.8 Å². The number of thioether (sulfide) groups is 1. The zero-order valence-electron chi connectivity index (χ0n) is 12.8. The summed E-state index contributed by atoms with van der Waals surface area (Å²) in [7, 11) is 0. The van der Waals surface area contributed by atoms with E-state index in [-0.39, 0.29) is 0 Å². The van der Waals surface area contributed by atoms with Crippen molar-refractivity contribution in [1.29, 1.82) is 0 Å². The van der Waals surface area contributed by atoms with Gasteiger partial charge in [-0.1, -0.05) is 56.2 Å². The Labute approximate surface area is 133 Å². The zero-order chi connectivity index (χ0) is 14.9. The van der Waals surface area contributed by atoms with E-state index < -0.39 is 0 Å². The molecule has 0 radical (unpaired) electrons. The van der Waals surface area contributed by atoms with Crippen LogP contribution in [0.5, 0.6) is 0 Å². The smallest absolute Gasteiger partial charge is 0.00723 e.